The number of thiocarbonyl (C=S) groups is 1. The van der Waals surface area contributed by atoms with E-state index in [0.717, 1.165) is 3.57 Å². The molecule has 0 aliphatic carbocycles. The van der Waals surface area contributed by atoms with Crippen molar-refractivity contribution in [3.8, 4) is 5.75 Å². The number of nitro benzene ring substituents is 1. The Bertz CT molecular complexity index is 957. The smallest absolute Gasteiger partial charge is 0.296 e. The van der Waals surface area contributed by atoms with Crippen LogP contribution in [0.3, 0.4) is 0 Å². The molecule has 0 unspecified atom stereocenters. The molecule has 2 aromatic carbocycles. The van der Waals surface area contributed by atoms with E-state index in [1.54, 1.807) is 24.3 Å². The molecule has 1 atom stereocenters. The van der Waals surface area contributed by atoms with Crippen molar-refractivity contribution in [3.63, 3.8) is 0 Å². The zero-order valence-corrected chi connectivity index (χ0v) is 20.4. The fourth-order valence-corrected chi connectivity index (χ4v) is 3.11. The molecule has 0 saturated heterocycles. The number of benzene rings is 2. The summed E-state index contributed by atoms with van der Waals surface area (Å²) in [5.74, 6) is -0.205. The van der Waals surface area contributed by atoms with Gasteiger partial charge in [-0.15, -0.1) is 0 Å². The van der Waals surface area contributed by atoms with Gasteiger partial charge in [0.2, 0.25) is 3.79 Å². The van der Waals surface area contributed by atoms with E-state index >= 15 is 0 Å². The van der Waals surface area contributed by atoms with Gasteiger partial charge in [-0.25, -0.2) is 0 Å². The molecule has 0 saturated carbocycles. The van der Waals surface area contributed by atoms with Gasteiger partial charge in [0.15, 0.2) is 5.11 Å². The van der Waals surface area contributed by atoms with E-state index in [0.29, 0.717) is 11.3 Å². The predicted octanol–water partition coefficient (Wildman–Crippen LogP) is 4.62. The van der Waals surface area contributed by atoms with Crippen LogP contribution in [0.1, 0.15) is 10.4 Å². The van der Waals surface area contributed by atoms with Crippen molar-refractivity contribution in [3.05, 3.63) is 61.7 Å². The number of ether oxygens (including phenoxy) is 1. The SMILES string of the molecule is COc1ccc(NC(=S)N[C@H](NC(=O)c2ccc(I)cc2)C(Cl)(Cl)Cl)c([N+](=O)[O-])c1. The zero-order valence-electron chi connectivity index (χ0n) is 15.1. The van der Waals surface area contributed by atoms with Crippen LogP contribution in [0.25, 0.3) is 0 Å². The second kappa shape index (κ2) is 10.6. The van der Waals surface area contributed by atoms with Crippen molar-refractivity contribution < 1.29 is 14.5 Å². The zero-order chi connectivity index (χ0) is 22.5. The number of nitro groups is 1. The van der Waals surface area contributed by atoms with Crippen LogP contribution in [0.2, 0.25) is 0 Å². The lowest BCUT2D eigenvalue weighted by Crippen LogP contribution is -2.56. The summed E-state index contributed by atoms with van der Waals surface area (Å²) >= 11 is 25.2. The lowest BCUT2D eigenvalue weighted by molar-refractivity contribution is -0.384. The van der Waals surface area contributed by atoms with Crippen LogP contribution >= 0.6 is 69.6 Å². The molecule has 8 nitrogen and oxygen atoms in total. The lowest BCUT2D eigenvalue weighted by Gasteiger charge is -2.27. The molecule has 0 bridgehead atoms. The van der Waals surface area contributed by atoms with Gasteiger partial charge in [-0.2, -0.15) is 0 Å². The quantitative estimate of drug-likeness (QED) is 0.111. The molecule has 0 radical (unpaired) electrons. The third-order valence-electron chi connectivity index (χ3n) is 3.63. The van der Waals surface area contributed by atoms with E-state index in [1.165, 1.54) is 25.3 Å². The largest absolute Gasteiger partial charge is 0.496 e. The molecular formula is C17H14Cl3IN4O4S. The number of amides is 1. The van der Waals surface area contributed by atoms with Gasteiger partial charge < -0.3 is 20.7 Å². The van der Waals surface area contributed by atoms with Crippen LogP contribution in [-0.4, -0.2) is 33.0 Å². The standard InChI is InChI=1S/C17H14Cl3IN4O4S/c1-29-11-6-7-12(13(8-11)25(27)28)22-16(30)24-15(17(18,19)20)23-14(26)9-2-4-10(21)5-3-9/h2-8,15H,1H3,(H,23,26)(H2,22,24,30)/t15-/m0/s1. The monoisotopic (exact) mass is 602 g/mol. The Labute approximate surface area is 205 Å². The van der Waals surface area contributed by atoms with Gasteiger partial charge in [-0.05, 0) is 71.2 Å². The minimum absolute atomic E-state index is 0.0883. The van der Waals surface area contributed by atoms with Crippen LogP contribution in [0, 0.1) is 13.7 Å². The normalized spacial score (nSPS) is 11.9. The molecular weight excluding hydrogens is 590 g/mol. The molecule has 0 aliphatic rings. The van der Waals surface area contributed by atoms with Gasteiger partial charge in [0.1, 0.15) is 17.6 Å². The summed E-state index contributed by atoms with van der Waals surface area (Å²) in [7, 11) is 1.39. The van der Waals surface area contributed by atoms with E-state index in [9.17, 15) is 14.9 Å². The number of rotatable bonds is 6. The Morgan fingerprint density at radius 1 is 1.20 bits per heavy atom. The van der Waals surface area contributed by atoms with Crippen molar-refractivity contribution in [2.45, 2.75) is 9.96 Å². The summed E-state index contributed by atoms with van der Waals surface area (Å²) in [4.78, 5) is 23.2. The van der Waals surface area contributed by atoms with Crippen molar-refractivity contribution in [2.24, 2.45) is 0 Å². The maximum atomic E-state index is 12.5. The molecule has 0 aromatic heterocycles. The topological polar surface area (TPSA) is 106 Å². The first kappa shape index (κ1) is 24.7. The molecule has 13 heteroatoms. The first-order chi connectivity index (χ1) is 14.0. The molecule has 2 aromatic rings. The van der Waals surface area contributed by atoms with Crippen LogP contribution in [0.5, 0.6) is 5.75 Å². The molecule has 30 heavy (non-hydrogen) atoms. The average molecular weight is 604 g/mol. The molecule has 0 spiro atoms. The third-order valence-corrected chi connectivity index (χ3v) is 5.23. The number of nitrogens with zero attached hydrogens (tertiary/aromatic N) is 1. The number of alkyl halides is 3. The van der Waals surface area contributed by atoms with Crippen LogP contribution < -0.4 is 20.7 Å². The van der Waals surface area contributed by atoms with Gasteiger partial charge in [0.25, 0.3) is 11.6 Å². The summed E-state index contributed by atoms with van der Waals surface area (Å²) < 4.78 is 3.96. The van der Waals surface area contributed by atoms with Gasteiger partial charge in [0, 0.05) is 9.13 Å². The maximum absolute atomic E-state index is 12.5. The second-order valence-electron chi connectivity index (χ2n) is 5.69. The first-order valence-corrected chi connectivity index (χ1v) is 10.7. The number of anilines is 1. The molecule has 3 N–H and O–H groups in total. The minimum atomic E-state index is -1.98. The number of carbonyl (C=O) groups excluding carboxylic acids is 1. The Kier molecular flexibility index (Phi) is 8.73. The van der Waals surface area contributed by atoms with Crippen molar-refractivity contribution >= 4 is 92.0 Å². The van der Waals surface area contributed by atoms with Crippen LogP contribution in [0.15, 0.2) is 42.5 Å². The van der Waals surface area contributed by atoms with Crippen LogP contribution in [0.4, 0.5) is 11.4 Å². The Balaban J connectivity index is 2.15. The summed E-state index contributed by atoms with van der Waals surface area (Å²) in [6.07, 6.45) is -1.23. The van der Waals surface area contributed by atoms with Crippen molar-refractivity contribution in [2.75, 3.05) is 12.4 Å². The van der Waals surface area contributed by atoms with Crippen LogP contribution in [-0.2, 0) is 0 Å². The van der Waals surface area contributed by atoms with Crippen molar-refractivity contribution in [1.29, 1.82) is 0 Å². The fourth-order valence-electron chi connectivity index (χ4n) is 2.20. The molecule has 2 rings (SSSR count). The van der Waals surface area contributed by atoms with Gasteiger partial charge >= 0.3 is 0 Å². The Morgan fingerprint density at radius 3 is 2.37 bits per heavy atom. The number of halogens is 4. The molecule has 0 heterocycles. The van der Waals surface area contributed by atoms with E-state index < -0.39 is 20.8 Å². The number of nitrogens with one attached hydrogen (secondary N) is 3. The average Bonchev–Trinajstić information content (AvgIpc) is 2.67. The Hall–Kier alpha value is -1.60. The number of hydrogen-bond donors (Lipinski definition) is 3. The Morgan fingerprint density at radius 2 is 1.83 bits per heavy atom. The number of carbonyl (C=O) groups is 1. The van der Waals surface area contributed by atoms with E-state index in [-0.39, 0.29) is 16.5 Å². The predicted molar refractivity (Wildman–Crippen MR) is 130 cm³/mol. The van der Waals surface area contributed by atoms with E-state index in [4.69, 9.17) is 51.8 Å². The second-order valence-corrected chi connectivity index (χ2v) is 9.72. The van der Waals surface area contributed by atoms with E-state index in [2.05, 4.69) is 38.5 Å². The summed E-state index contributed by atoms with van der Waals surface area (Å²) in [6, 6.07) is 10.9. The lowest BCUT2D eigenvalue weighted by atomic mass is 10.2. The third kappa shape index (κ3) is 6.98. The number of methoxy groups -OCH3 is 1. The highest BCUT2D eigenvalue weighted by Gasteiger charge is 2.35. The fraction of sp³-hybridized carbons (Fsp3) is 0.176. The molecule has 1 amide bonds. The number of hydrogen-bond acceptors (Lipinski definition) is 5. The van der Waals surface area contributed by atoms with Gasteiger partial charge in [-0.1, -0.05) is 34.8 Å². The maximum Gasteiger partial charge on any atom is 0.296 e. The first-order valence-electron chi connectivity index (χ1n) is 8.04. The summed E-state index contributed by atoms with van der Waals surface area (Å²) in [5, 5.41) is 19.0. The highest BCUT2D eigenvalue weighted by atomic mass is 127. The van der Waals surface area contributed by atoms with Crippen molar-refractivity contribution in [1.82, 2.24) is 10.6 Å². The highest BCUT2D eigenvalue weighted by molar-refractivity contribution is 14.1. The highest BCUT2D eigenvalue weighted by Crippen LogP contribution is 2.31. The molecule has 160 valence electrons. The van der Waals surface area contributed by atoms with E-state index in [1.807, 2.05) is 0 Å². The summed E-state index contributed by atoms with van der Waals surface area (Å²) in [5.41, 5.74) is 0.165. The van der Waals surface area contributed by atoms with Gasteiger partial charge in [-0.3, -0.25) is 14.9 Å². The molecule has 0 fully saturated rings. The van der Waals surface area contributed by atoms with Gasteiger partial charge in [0.05, 0.1) is 18.1 Å². The minimum Gasteiger partial charge on any atom is -0.496 e. The molecule has 0 aliphatic heterocycles. The summed E-state index contributed by atoms with van der Waals surface area (Å²) in [6.45, 7) is 0.